The fraction of sp³-hybridized carbons (Fsp3) is 0.500. The van der Waals surface area contributed by atoms with Gasteiger partial charge >= 0.3 is 12.1 Å². The first-order valence-electron chi connectivity index (χ1n) is 8.27. The molecule has 0 bridgehead atoms. The normalized spacial score (nSPS) is 12.1. The highest BCUT2D eigenvalue weighted by molar-refractivity contribution is 6.30. The van der Waals surface area contributed by atoms with Crippen LogP contribution in [0.15, 0.2) is 24.3 Å². The van der Waals surface area contributed by atoms with Crippen LogP contribution in [0.5, 0.6) is 0 Å². The Kier molecular flexibility index (Phi) is 8.52. The molecule has 0 aliphatic carbocycles. The number of benzene rings is 1. The smallest absolute Gasteiger partial charge is 0.408 e. The Morgan fingerprint density at radius 3 is 2.48 bits per heavy atom. The van der Waals surface area contributed by atoms with E-state index in [9.17, 15) is 19.5 Å². The quantitative estimate of drug-likeness (QED) is 0.675. The largest absolute Gasteiger partial charge is 0.467 e. The van der Waals surface area contributed by atoms with E-state index in [1.165, 1.54) is 0 Å². The van der Waals surface area contributed by atoms with Gasteiger partial charge in [0.2, 0.25) is 5.91 Å². The molecule has 0 saturated heterocycles. The molecule has 0 spiro atoms. The lowest BCUT2D eigenvalue weighted by atomic mass is 10.1. The number of alkyl carbamates (subject to hydrolysis) is 1. The minimum absolute atomic E-state index is 0.00425. The molecule has 1 aromatic rings. The Balaban J connectivity index is 2.93. The monoisotopic (exact) mass is 400 g/mol. The third kappa shape index (κ3) is 7.84. The van der Waals surface area contributed by atoms with Crippen LogP contribution >= 0.6 is 11.6 Å². The van der Waals surface area contributed by atoms with Crippen LogP contribution in [-0.2, 0) is 25.6 Å². The average Bonchev–Trinajstić information content (AvgIpc) is 2.57. The van der Waals surface area contributed by atoms with Crippen LogP contribution in [-0.4, -0.2) is 59.9 Å². The highest BCUT2D eigenvalue weighted by Crippen LogP contribution is 2.15. The summed E-state index contributed by atoms with van der Waals surface area (Å²) in [7, 11) is 1.16. The number of nitrogens with zero attached hydrogens (tertiary/aromatic N) is 1. The topological polar surface area (TPSA) is 105 Å². The molecule has 2 N–H and O–H groups in total. The Labute approximate surface area is 163 Å². The Morgan fingerprint density at radius 1 is 1.30 bits per heavy atom. The van der Waals surface area contributed by atoms with E-state index >= 15 is 0 Å². The standard InChI is InChI=1S/C18H25ClN2O6/c1-18(2,3)27-17(25)20-9-15(23)21(14(11-22)16(24)26-4)10-12-6-5-7-13(19)8-12/h5-8,14,22H,9-11H2,1-4H3,(H,20,25)/t14-/m0/s1. The van der Waals surface area contributed by atoms with Gasteiger partial charge in [0.15, 0.2) is 6.04 Å². The van der Waals surface area contributed by atoms with Crippen molar-refractivity contribution in [2.24, 2.45) is 0 Å². The lowest BCUT2D eigenvalue weighted by Crippen LogP contribution is -2.50. The molecule has 150 valence electrons. The predicted molar refractivity (Wildman–Crippen MR) is 99.1 cm³/mol. The average molecular weight is 401 g/mol. The van der Waals surface area contributed by atoms with Crippen LogP contribution in [0.4, 0.5) is 4.79 Å². The molecule has 0 aliphatic rings. The number of aliphatic hydroxyl groups excluding tert-OH is 1. The molecule has 1 atom stereocenters. The van der Waals surface area contributed by atoms with Gasteiger partial charge in [0.1, 0.15) is 12.1 Å². The second kappa shape index (κ2) is 10.1. The third-order valence-corrected chi connectivity index (χ3v) is 3.60. The van der Waals surface area contributed by atoms with Crippen LogP contribution in [0, 0.1) is 0 Å². The SMILES string of the molecule is COC(=O)[C@H](CO)N(Cc1cccc(Cl)c1)C(=O)CNC(=O)OC(C)(C)C. The number of carbonyl (C=O) groups is 3. The van der Waals surface area contributed by atoms with Gasteiger partial charge in [0.05, 0.1) is 13.7 Å². The van der Waals surface area contributed by atoms with Crippen LogP contribution < -0.4 is 5.32 Å². The minimum Gasteiger partial charge on any atom is -0.467 e. The molecule has 0 saturated carbocycles. The van der Waals surface area contributed by atoms with Crippen molar-refractivity contribution in [2.45, 2.75) is 39.0 Å². The summed E-state index contributed by atoms with van der Waals surface area (Å²) in [6, 6.07) is 5.51. The number of nitrogens with one attached hydrogen (secondary N) is 1. The summed E-state index contributed by atoms with van der Waals surface area (Å²) >= 11 is 5.96. The van der Waals surface area contributed by atoms with Gasteiger partial charge in [0.25, 0.3) is 0 Å². The van der Waals surface area contributed by atoms with Crippen molar-refractivity contribution >= 4 is 29.6 Å². The Morgan fingerprint density at radius 2 is 1.96 bits per heavy atom. The van der Waals surface area contributed by atoms with E-state index in [1.807, 2.05) is 0 Å². The molecule has 9 heteroatoms. The summed E-state index contributed by atoms with van der Waals surface area (Å²) < 4.78 is 9.73. The zero-order valence-electron chi connectivity index (χ0n) is 15.8. The summed E-state index contributed by atoms with van der Waals surface area (Å²) in [5, 5.41) is 12.4. The van der Waals surface area contributed by atoms with Crippen LogP contribution in [0.2, 0.25) is 5.02 Å². The molecule has 0 aromatic heterocycles. The Hall–Kier alpha value is -2.32. The second-order valence-electron chi connectivity index (χ2n) is 6.73. The van der Waals surface area contributed by atoms with Crippen molar-refractivity contribution < 1.29 is 29.0 Å². The fourth-order valence-corrected chi connectivity index (χ4v) is 2.42. The fourth-order valence-electron chi connectivity index (χ4n) is 2.20. The molecule has 0 unspecified atom stereocenters. The van der Waals surface area contributed by atoms with E-state index in [-0.39, 0.29) is 6.54 Å². The van der Waals surface area contributed by atoms with Crippen molar-refractivity contribution in [3.63, 3.8) is 0 Å². The lowest BCUT2D eigenvalue weighted by molar-refractivity contribution is -0.154. The summed E-state index contributed by atoms with van der Waals surface area (Å²) in [5.74, 6) is -1.37. The van der Waals surface area contributed by atoms with Crippen LogP contribution in [0.1, 0.15) is 26.3 Å². The molecule has 0 aliphatic heterocycles. The van der Waals surface area contributed by atoms with Gasteiger partial charge in [0, 0.05) is 11.6 Å². The number of carbonyl (C=O) groups excluding carboxylic acids is 3. The number of esters is 1. The number of halogens is 1. The molecule has 1 rings (SSSR count). The number of ether oxygens (including phenoxy) is 2. The predicted octanol–water partition coefficient (Wildman–Crippen LogP) is 1.73. The van der Waals surface area contributed by atoms with Crippen molar-refractivity contribution in [3.05, 3.63) is 34.9 Å². The van der Waals surface area contributed by atoms with Crippen molar-refractivity contribution in [2.75, 3.05) is 20.3 Å². The van der Waals surface area contributed by atoms with E-state index in [4.69, 9.17) is 16.3 Å². The number of methoxy groups -OCH3 is 1. The summed E-state index contributed by atoms with van der Waals surface area (Å²) in [5.41, 5.74) is -0.0664. The number of aliphatic hydroxyl groups is 1. The molecule has 8 nitrogen and oxygen atoms in total. The summed E-state index contributed by atoms with van der Waals surface area (Å²) in [4.78, 5) is 37.5. The molecule has 0 fully saturated rings. The van der Waals surface area contributed by atoms with Crippen LogP contribution in [0.25, 0.3) is 0 Å². The zero-order valence-corrected chi connectivity index (χ0v) is 16.6. The van der Waals surface area contributed by atoms with E-state index in [1.54, 1.807) is 45.0 Å². The van der Waals surface area contributed by atoms with Crippen molar-refractivity contribution in [3.8, 4) is 0 Å². The molecular formula is C18H25ClN2O6. The third-order valence-electron chi connectivity index (χ3n) is 3.37. The van der Waals surface area contributed by atoms with Gasteiger partial charge in [-0.1, -0.05) is 23.7 Å². The first-order valence-corrected chi connectivity index (χ1v) is 8.64. The second-order valence-corrected chi connectivity index (χ2v) is 7.16. The highest BCUT2D eigenvalue weighted by atomic mass is 35.5. The van der Waals surface area contributed by atoms with Gasteiger partial charge < -0.3 is 24.8 Å². The number of hydrogen-bond acceptors (Lipinski definition) is 6. The molecule has 2 amide bonds. The van der Waals surface area contributed by atoms with Gasteiger partial charge in [-0.3, -0.25) is 4.79 Å². The molecular weight excluding hydrogens is 376 g/mol. The molecule has 0 heterocycles. The Bertz CT molecular complexity index is 674. The van der Waals surface area contributed by atoms with Gasteiger partial charge in [-0.2, -0.15) is 0 Å². The first-order chi connectivity index (χ1) is 12.6. The van der Waals surface area contributed by atoms with Gasteiger partial charge in [-0.15, -0.1) is 0 Å². The summed E-state index contributed by atoms with van der Waals surface area (Å²) in [6.45, 7) is 4.03. The van der Waals surface area contributed by atoms with Gasteiger partial charge in [-0.25, -0.2) is 9.59 Å². The van der Waals surface area contributed by atoms with E-state index in [0.717, 1.165) is 12.0 Å². The number of hydrogen-bond donors (Lipinski definition) is 2. The maximum atomic E-state index is 12.6. The van der Waals surface area contributed by atoms with E-state index in [0.29, 0.717) is 10.6 Å². The van der Waals surface area contributed by atoms with Gasteiger partial charge in [-0.05, 0) is 38.5 Å². The lowest BCUT2D eigenvalue weighted by Gasteiger charge is -2.29. The number of rotatable bonds is 7. The van der Waals surface area contributed by atoms with E-state index < -0.39 is 42.8 Å². The van der Waals surface area contributed by atoms with Crippen LogP contribution in [0.3, 0.4) is 0 Å². The highest BCUT2D eigenvalue weighted by Gasteiger charge is 2.30. The minimum atomic E-state index is -1.22. The molecule has 27 heavy (non-hydrogen) atoms. The molecule has 0 radical (unpaired) electrons. The maximum absolute atomic E-state index is 12.6. The first kappa shape index (κ1) is 22.7. The van der Waals surface area contributed by atoms with Crippen molar-refractivity contribution in [1.29, 1.82) is 0 Å². The number of amides is 2. The molecule has 1 aromatic carbocycles. The zero-order chi connectivity index (χ0) is 20.6. The van der Waals surface area contributed by atoms with E-state index in [2.05, 4.69) is 10.1 Å². The van der Waals surface area contributed by atoms with Crippen molar-refractivity contribution in [1.82, 2.24) is 10.2 Å². The summed E-state index contributed by atoms with van der Waals surface area (Å²) in [6.07, 6.45) is -0.767. The maximum Gasteiger partial charge on any atom is 0.408 e.